The van der Waals surface area contributed by atoms with Crippen LogP contribution in [-0.2, 0) is 9.59 Å². The summed E-state index contributed by atoms with van der Waals surface area (Å²) >= 11 is 0. The number of isocyanates is 2. The molecular weight excluding hydrogens is 228 g/mol. The van der Waals surface area contributed by atoms with E-state index in [1.165, 1.54) is 25.7 Å². The minimum absolute atomic E-state index is 0.626. The lowest BCUT2D eigenvalue weighted by molar-refractivity contribution is 0.247. The van der Waals surface area contributed by atoms with Crippen molar-refractivity contribution in [2.45, 2.75) is 38.5 Å². The molecule has 2 fully saturated rings. The van der Waals surface area contributed by atoms with Crippen molar-refractivity contribution in [1.29, 1.82) is 0 Å². The Morgan fingerprint density at radius 1 is 0.889 bits per heavy atom. The van der Waals surface area contributed by atoms with Crippen LogP contribution in [0.5, 0.6) is 0 Å². The van der Waals surface area contributed by atoms with E-state index in [0.717, 1.165) is 30.6 Å². The van der Waals surface area contributed by atoms with E-state index >= 15 is 0 Å². The fraction of sp³-hybridized carbons (Fsp3) is 0.857. The molecular formula is C14H20N2O2. The second-order valence-corrected chi connectivity index (χ2v) is 5.65. The topological polar surface area (TPSA) is 58.9 Å². The maximum absolute atomic E-state index is 10.1. The maximum atomic E-state index is 10.1. The van der Waals surface area contributed by atoms with Crippen LogP contribution in [0.1, 0.15) is 38.5 Å². The average Bonchev–Trinajstić information content (AvgIpc) is 2.95. The van der Waals surface area contributed by atoms with Gasteiger partial charge in [0.15, 0.2) is 0 Å². The zero-order valence-electron chi connectivity index (χ0n) is 10.7. The van der Waals surface area contributed by atoms with Gasteiger partial charge in [-0.05, 0) is 49.4 Å². The van der Waals surface area contributed by atoms with E-state index in [-0.39, 0.29) is 0 Å². The van der Waals surface area contributed by atoms with E-state index in [1.807, 2.05) is 0 Å². The van der Waals surface area contributed by atoms with E-state index in [1.54, 1.807) is 12.2 Å². The predicted molar refractivity (Wildman–Crippen MR) is 67.6 cm³/mol. The number of nitrogens with zero attached hydrogens (tertiary/aromatic N) is 2. The molecule has 2 aliphatic rings. The van der Waals surface area contributed by atoms with Gasteiger partial charge in [0.2, 0.25) is 12.2 Å². The molecule has 0 heterocycles. The van der Waals surface area contributed by atoms with E-state index in [0.29, 0.717) is 19.0 Å². The molecule has 4 unspecified atom stereocenters. The minimum atomic E-state index is 0.626. The molecule has 4 nitrogen and oxygen atoms in total. The molecule has 2 bridgehead atoms. The fourth-order valence-corrected chi connectivity index (χ4v) is 3.89. The first-order chi connectivity index (χ1) is 8.85. The highest BCUT2D eigenvalue weighted by molar-refractivity contribution is 5.33. The van der Waals surface area contributed by atoms with Crippen molar-refractivity contribution in [3.8, 4) is 0 Å². The predicted octanol–water partition coefficient (Wildman–Crippen LogP) is 2.49. The molecule has 0 aromatic rings. The SMILES string of the molecule is O=C=NCCCCC1CC2CC1CC2CN=C=O. The highest BCUT2D eigenvalue weighted by atomic mass is 16.1. The van der Waals surface area contributed by atoms with Crippen molar-refractivity contribution in [2.24, 2.45) is 33.7 Å². The van der Waals surface area contributed by atoms with Crippen LogP contribution in [0, 0.1) is 23.7 Å². The summed E-state index contributed by atoms with van der Waals surface area (Å²) in [5.74, 6) is 3.11. The Bertz CT molecular complexity index is 370. The number of hydrogen-bond donors (Lipinski definition) is 0. The van der Waals surface area contributed by atoms with Crippen LogP contribution in [0.25, 0.3) is 0 Å². The zero-order valence-corrected chi connectivity index (χ0v) is 10.7. The Morgan fingerprint density at radius 3 is 2.28 bits per heavy atom. The Labute approximate surface area is 108 Å². The van der Waals surface area contributed by atoms with Crippen LogP contribution < -0.4 is 0 Å². The number of hydrogen-bond acceptors (Lipinski definition) is 4. The number of rotatable bonds is 7. The van der Waals surface area contributed by atoms with Gasteiger partial charge in [0.1, 0.15) is 0 Å². The summed E-state index contributed by atoms with van der Waals surface area (Å²) in [5.41, 5.74) is 0. The summed E-state index contributed by atoms with van der Waals surface area (Å²) in [7, 11) is 0. The van der Waals surface area contributed by atoms with Crippen molar-refractivity contribution < 1.29 is 9.59 Å². The largest absolute Gasteiger partial charge is 0.234 e. The van der Waals surface area contributed by atoms with Crippen LogP contribution in [0.3, 0.4) is 0 Å². The fourth-order valence-electron chi connectivity index (χ4n) is 3.89. The summed E-state index contributed by atoms with van der Waals surface area (Å²) in [4.78, 5) is 27.4. The normalized spacial score (nSPS) is 32.9. The second-order valence-electron chi connectivity index (χ2n) is 5.65. The zero-order chi connectivity index (χ0) is 12.8. The Hall–Kier alpha value is -1.24. The number of aliphatic imine (C=N–C) groups is 2. The van der Waals surface area contributed by atoms with Crippen molar-refractivity contribution in [2.75, 3.05) is 13.1 Å². The molecule has 0 aromatic heterocycles. The highest BCUT2D eigenvalue weighted by Gasteiger charge is 2.44. The molecule has 2 rings (SSSR count). The van der Waals surface area contributed by atoms with Crippen LogP contribution in [-0.4, -0.2) is 25.2 Å². The number of fused-ring (bicyclic) bond motifs is 2. The molecule has 0 saturated heterocycles. The molecule has 0 aromatic carbocycles. The summed E-state index contributed by atoms with van der Waals surface area (Å²) in [5, 5.41) is 0. The van der Waals surface area contributed by atoms with E-state index in [4.69, 9.17) is 0 Å². The molecule has 4 heteroatoms. The van der Waals surface area contributed by atoms with Gasteiger partial charge in [-0.3, -0.25) is 0 Å². The van der Waals surface area contributed by atoms with Gasteiger partial charge in [0, 0.05) is 0 Å². The molecule has 0 spiro atoms. The lowest BCUT2D eigenvalue weighted by atomic mass is 9.80. The highest BCUT2D eigenvalue weighted by Crippen LogP contribution is 2.53. The van der Waals surface area contributed by atoms with Crippen molar-refractivity contribution in [3.05, 3.63) is 0 Å². The second kappa shape index (κ2) is 6.63. The quantitative estimate of drug-likeness (QED) is 0.395. The molecule has 98 valence electrons. The smallest absolute Gasteiger partial charge is 0.211 e. The van der Waals surface area contributed by atoms with Gasteiger partial charge in [0.05, 0.1) is 13.1 Å². The van der Waals surface area contributed by atoms with Crippen LogP contribution >= 0.6 is 0 Å². The van der Waals surface area contributed by atoms with Crippen LogP contribution in [0.15, 0.2) is 9.98 Å². The first-order valence-corrected chi connectivity index (χ1v) is 6.92. The lowest BCUT2D eigenvalue weighted by Crippen LogP contribution is -2.19. The number of unbranched alkanes of at least 4 members (excludes halogenated alkanes) is 1. The molecule has 4 atom stereocenters. The molecule has 0 radical (unpaired) electrons. The monoisotopic (exact) mass is 248 g/mol. The number of carbonyl (C=O) groups excluding carboxylic acids is 2. The van der Waals surface area contributed by atoms with Gasteiger partial charge in [0.25, 0.3) is 0 Å². The van der Waals surface area contributed by atoms with Crippen molar-refractivity contribution in [3.63, 3.8) is 0 Å². The molecule has 2 aliphatic carbocycles. The Morgan fingerprint density at radius 2 is 1.61 bits per heavy atom. The third-order valence-corrected chi connectivity index (χ3v) is 4.70. The lowest BCUT2D eigenvalue weighted by Gasteiger charge is -2.26. The maximum Gasteiger partial charge on any atom is 0.234 e. The molecule has 18 heavy (non-hydrogen) atoms. The van der Waals surface area contributed by atoms with Gasteiger partial charge < -0.3 is 0 Å². The Balaban J connectivity index is 1.67. The van der Waals surface area contributed by atoms with Crippen molar-refractivity contribution in [1.82, 2.24) is 0 Å². The van der Waals surface area contributed by atoms with Crippen LogP contribution in [0.2, 0.25) is 0 Å². The first kappa shape index (κ1) is 13.2. The van der Waals surface area contributed by atoms with Crippen molar-refractivity contribution >= 4 is 12.2 Å². The summed E-state index contributed by atoms with van der Waals surface area (Å²) < 4.78 is 0. The van der Waals surface area contributed by atoms with E-state index < -0.39 is 0 Å². The van der Waals surface area contributed by atoms with E-state index in [2.05, 4.69) is 9.98 Å². The van der Waals surface area contributed by atoms with Gasteiger partial charge in [-0.15, -0.1) is 0 Å². The van der Waals surface area contributed by atoms with Gasteiger partial charge in [-0.1, -0.05) is 12.8 Å². The Kier molecular flexibility index (Phi) is 4.86. The van der Waals surface area contributed by atoms with E-state index in [9.17, 15) is 9.59 Å². The standard InChI is InChI=1S/C14H20N2O2/c17-9-15-4-2-1-3-11-5-13-6-12(11)7-14(13)8-16-10-18/h11-14H,1-8H2. The first-order valence-electron chi connectivity index (χ1n) is 6.92. The van der Waals surface area contributed by atoms with Gasteiger partial charge in [-0.25, -0.2) is 19.6 Å². The summed E-state index contributed by atoms with van der Waals surface area (Å²) in [6.45, 7) is 1.31. The average molecular weight is 248 g/mol. The molecule has 0 amide bonds. The summed E-state index contributed by atoms with van der Waals surface area (Å²) in [6, 6.07) is 0. The summed E-state index contributed by atoms with van der Waals surface area (Å²) in [6.07, 6.45) is 10.5. The van der Waals surface area contributed by atoms with Gasteiger partial charge >= 0.3 is 0 Å². The molecule has 0 aliphatic heterocycles. The van der Waals surface area contributed by atoms with Crippen LogP contribution in [0.4, 0.5) is 0 Å². The molecule has 0 N–H and O–H groups in total. The van der Waals surface area contributed by atoms with Gasteiger partial charge in [-0.2, -0.15) is 0 Å². The third-order valence-electron chi connectivity index (χ3n) is 4.70. The molecule has 2 saturated carbocycles. The minimum Gasteiger partial charge on any atom is -0.211 e. The third kappa shape index (κ3) is 3.16.